The van der Waals surface area contributed by atoms with E-state index in [-0.39, 0.29) is 24.7 Å². The molecule has 0 fully saturated rings. The van der Waals surface area contributed by atoms with E-state index in [1.165, 1.54) is 0 Å². The summed E-state index contributed by atoms with van der Waals surface area (Å²) < 4.78 is 5.21. The Morgan fingerprint density at radius 1 is 1.10 bits per heavy atom. The van der Waals surface area contributed by atoms with E-state index in [1.54, 1.807) is 4.90 Å². The van der Waals surface area contributed by atoms with Crippen LogP contribution in [0.5, 0.6) is 0 Å². The Kier molecular flexibility index (Phi) is 5.94. The van der Waals surface area contributed by atoms with Gasteiger partial charge in [0.05, 0.1) is 6.42 Å². The van der Waals surface area contributed by atoms with Crippen LogP contribution in [-0.2, 0) is 14.3 Å². The zero-order chi connectivity index (χ0) is 16.0. The number of carbonyl (C=O) groups excluding carboxylic acids is 2. The Morgan fingerprint density at radius 3 is 2.14 bits per heavy atom. The van der Waals surface area contributed by atoms with E-state index in [0.29, 0.717) is 6.54 Å². The average molecular weight is 291 g/mol. The number of nitrogens with zero attached hydrogens (tertiary/aromatic N) is 1. The van der Waals surface area contributed by atoms with Crippen LogP contribution in [0, 0.1) is 6.92 Å². The van der Waals surface area contributed by atoms with Crippen LogP contribution in [-0.4, -0.2) is 24.0 Å². The van der Waals surface area contributed by atoms with Gasteiger partial charge in [-0.05, 0) is 46.8 Å². The van der Waals surface area contributed by atoms with Crippen molar-refractivity contribution in [3.63, 3.8) is 0 Å². The van der Waals surface area contributed by atoms with Crippen molar-refractivity contribution >= 4 is 17.6 Å². The summed E-state index contributed by atoms with van der Waals surface area (Å²) in [5.74, 6) is -0.400. The highest BCUT2D eigenvalue weighted by Gasteiger charge is 2.19. The van der Waals surface area contributed by atoms with Crippen LogP contribution in [0.2, 0.25) is 0 Å². The number of anilines is 1. The molecule has 1 aromatic carbocycles. The number of hydrogen-bond donors (Lipinski definition) is 0. The van der Waals surface area contributed by atoms with E-state index >= 15 is 0 Å². The zero-order valence-corrected chi connectivity index (χ0v) is 13.6. The third-order valence-electron chi connectivity index (χ3n) is 2.93. The van der Waals surface area contributed by atoms with Crippen molar-refractivity contribution in [1.29, 1.82) is 0 Å². The van der Waals surface area contributed by atoms with Crippen LogP contribution >= 0.6 is 0 Å². The number of rotatable bonds is 5. The molecule has 0 spiro atoms. The van der Waals surface area contributed by atoms with E-state index in [9.17, 15) is 9.59 Å². The van der Waals surface area contributed by atoms with Gasteiger partial charge in [-0.2, -0.15) is 0 Å². The summed E-state index contributed by atoms with van der Waals surface area (Å²) in [5, 5.41) is 0. The molecule has 1 rings (SSSR count). The SMILES string of the molecule is CCN(C(=O)CCC(=O)OC(C)(C)C)c1ccc(C)cc1. The van der Waals surface area contributed by atoms with Crippen molar-refractivity contribution in [3.05, 3.63) is 29.8 Å². The van der Waals surface area contributed by atoms with E-state index in [4.69, 9.17) is 4.74 Å². The maximum atomic E-state index is 12.2. The number of ether oxygens (including phenoxy) is 1. The molecule has 0 heterocycles. The second kappa shape index (κ2) is 7.25. The first-order valence-corrected chi connectivity index (χ1v) is 7.32. The second-order valence-electron chi connectivity index (χ2n) is 6.06. The van der Waals surface area contributed by atoms with Crippen molar-refractivity contribution < 1.29 is 14.3 Å². The minimum Gasteiger partial charge on any atom is -0.460 e. The van der Waals surface area contributed by atoms with Crippen LogP contribution < -0.4 is 4.90 Å². The normalized spacial score (nSPS) is 11.1. The Labute approximate surface area is 127 Å². The molecule has 0 saturated heterocycles. The second-order valence-corrected chi connectivity index (χ2v) is 6.06. The predicted octanol–water partition coefficient (Wildman–Crippen LogP) is 3.47. The van der Waals surface area contributed by atoms with E-state index in [2.05, 4.69) is 0 Å². The first kappa shape index (κ1) is 17.2. The number of carbonyl (C=O) groups is 2. The zero-order valence-electron chi connectivity index (χ0n) is 13.6. The molecule has 4 nitrogen and oxygen atoms in total. The first-order valence-electron chi connectivity index (χ1n) is 7.32. The quantitative estimate of drug-likeness (QED) is 0.780. The molecule has 4 heteroatoms. The van der Waals surface area contributed by atoms with Crippen LogP contribution in [0.4, 0.5) is 5.69 Å². The third kappa shape index (κ3) is 5.98. The lowest BCUT2D eigenvalue weighted by atomic mass is 10.2. The van der Waals surface area contributed by atoms with Crippen LogP contribution in [0.25, 0.3) is 0 Å². The Balaban J connectivity index is 2.60. The number of hydrogen-bond acceptors (Lipinski definition) is 3. The Morgan fingerprint density at radius 2 is 1.67 bits per heavy atom. The molecule has 116 valence electrons. The molecule has 0 aliphatic carbocycles. The molecule has 0 N–H and O–H groups in total. The molecule has 0 saturated carbocycles. The highest BCUT2D eigenvalue weighted by atomic mass is 16.6. The highest BCUT2D eigenvalue weighted by Crippen LogP contribution is 2.17. The molecule has 0 aliphatic rings. The molecule has 1 aromatic rings. The monoisotopic (exact) mass is 291 g/mol. The van der Waals surface area contributed by atoms with Gasteiger partial charge in [-0.25, -0.2) is 0 Å². The summed E-state index contributed by atoms with van der Waals surface area (Å²) in [6.45, 7) is 9.96. The predicted molar refractivity (Wildman–Crippen MR) is 84.3 cm³/mol. The Bertz CT molecular complexity index is 486. The molecular weight excluding hydrogens is 266 g/mol. The smallest absolute Gasteiger partial charge is 0.306 e. The molecule has 0 aliphatic heterocycles. The van der Waals surface area contributed by atoms with Gasteiger partial charge in [0, 0.05) is 18.7 Å². The maximum absolute atomic E-state index is 12.2. The standard InChI is InChI=1S/C17H25NO3/c1-6-18(14-9-7-13(2)8-10-14)15(19)11-12-16(20)21-17(3,4)5/h7-10H,6,11-12H2,1-5H3. The Hall–Kier alpha value is -1.84. The fraction of sp³-hybridized carbons (Fsp3) is 0.529. The molecule has 1 amide bonds. The van der Waals surface area contributed by atoms with Crippen molar-refractivity contribution in [2.24, 2.45) is 0 Å². The van der Waals surface area contributed by atoms with Gasteiger partial charge in [-0.3, -0.25) is 9.59 Å². The van der Waals surface area contributed by atoms with Crippen molar-refractivity contribution in [2.75, 3.05) is 11.4 Å². The molecular formula is C17H25NO3. The van der Waals surface area contributed by atoms with Crippen LogP contribution in [0.3, 0.4) is 0 Å². The van der Waals surface area contributed by atoms with E-state index in [1.807, 2.05) is 58.9 Å². The average Bonchev–Trinajstić information content (AvgIpc) is 2.37. The highest BCUT2D eigenvalue weighted by molar-refractivity contribution is 5.94. The maximum Gasteiger partial charge on any atom is 0.306 e. The lowest BCUT2D eigenvalue weighted by Gasteiger charge is -2.22. The molecule has 0 unspecified atom stereocenters. The summed E-state index contributed by atoms with van der Waals surface area (Å²) in [6, 6.07) is 7.78. The van der Waals surface area contributed by atoms with Gasteiger partial charge >= 0.3 is 5.97 Å². The lowest BCUT2D eigenvalue weighted by Crippen LogP contribution is -2.31. The molecule has 0 aromatic heterocycles. The molecule has 21 heavy (non-hydrogen) atoms. The van der Waals surface area contributed by atoms with Gasteiger partial charge in [0.15, 0.2) is 0 Å². The summed E-state index contributed by atoms with van der Waals surface area (Å²) in [6.07, 6.45) is 0.273. The fourth-order valence-corrected chi connectivity index (χ4v) is 1.96. The lowest BCUT2D eigenvalue weighted by molar-refractivity contribution is -0.155. The van der Waals surface area contributed by atoms with Gasteiger partial charge in [0.25, 0.3) is 0 Å². The van der Waals surface area contributed by atoms with Gasteiger partial charge in [-0.15, -0.1) is 0 Å². The van der Waals surface area contributed by atoms with E-state index < -0.39 is 5.60 Å². The number of aryl methyl sites for hydroxylation is 1. The fourth-order valence-electron chi connectivity index (χ4n) is 1.96. The van der Waals surface area contributed by atoms with Crippen LogP contribution in [0.1, 0.15) is 46.1 Å². The largest absolute Gasteiger partial charge is 0.460 e. The van der Waals surface area contributed by atoms with E-state index in [0.717, 1.165) is 11.3 Å². The summed E-state index contributed by atoms with van der Waals surface area (Å²) in [7, 11) is 0. The van der Waals surface area contributed by atoms with Crippen molar-refractivity contribution in [2.45, 2.75) is 53.1 Å². The van der Waals surface area contributed by atoms with Gasteiger partial charge in [0.2, 0.25) is 5.91 Å². The minimum atomic E-state index is -0.512. The molecule has 0 bridgehead atoms. The van der Waals surface area contributed by atoms with Gasteiger partial charge in [-0.1, -0.05) is 17.7 Å². The summed E-state index contributed by atoms with van der Waals surface area (Å²) >= 11 is 0. The van der Waals surface area contributed by atoms with Gasteiger partial charge in [0.1, 0.15) is 5.60 Å². The minimum absolute atomic E-state index is 0.0628. The molecule has 0 radical (unpaired) electrons. The number of benzene rings is 1. The topological polar surface area (TPSA) is 46.6 Å². The summed E-state index contributed by atoms with van der Waals surface area (Å²) in [4.78, 5) is 25.6. The number of amides is 1. The van der Waals surface area contributed by atoms with Crippen LogP contribution in [0.15, 0.2) is 24.3 Å². The molecule has 0 atom stereocenters. The number of esters is 1. The van der Waals surface area contributed by atoms with Gasteiger partial charge < -0.3 is 9.64 Å². The summed E-state index contributed by atoms with van der Waals surface area (Å²) in [5.41, 5.74) is 1.50. The van der Waals surface area contributed by atoms with Crippen molar-refractivity contribution in [3.8, 4) is 0 Å². The first-order chi connectivity index (χ1) is 9.73. The third-order valence-corrected chi connectivity index (χ3v) is 2.93. The van der Waals surface area contributed by atoms with Crippen molar-refractivity contribution in [1.82, 2.24) is 0 Å².